The van der Waals surface area contributed by atoms with E-state index in [9.17, 15) is 88.7 Å². The molecule has 0 radical (unpaired) electrons. The Morgan fingerprint density at radius 2 is 0.595 bits per heavy atom. The zero-order valence-electron chi connectivity index (χ0n) is 68.3. The van der Waals surface area contributed by atoms with Gasteiger partial charge in [0.05, 0.1) is 34.6 Å². The van der Waals surface area contributed by atoms with E-state index >= 15 is 0 Å². The summed E-state index contributed by atoms with van der Waals surface area (Å²) in [6.07, 6.45) is 44.3. The topological polar surface area (TPSA) is 263 Å². The lowest BCUT2D eigenvalue weighted by molar-refractivity contribution is -0.315. The first-order valence-electron chi connectivity index (χ1n) is 39.4. The third-order valence-electron chi connectivity index (χ3n) is 16.1. The summed E-state index contributed by atoms with van der Waals surface area (Å²) in [6, 6.07) is 38.8. The molecular weight excluding hydrogens is 1710 g/mol. The van der Waals surface area contributed by atoms with Crippen molar-refractivity contribution in [1.82, 2.24) is 0 Å². The highest BCUT2D eigenvalue weighted by atomic mass is 35.5. The molecule has 0 heterocycles. The van der Waals surface area contributed by atoms with Gasteiger partial charge in [0.25, 0.3) is 0 Å². The third kappa shape index (κ3) is 56.8. The van der Waals surface area contributed by atoms with Gasteiger partial charge in [-0.3, -0.25) is 9.59 Å². The lowest BCUT2D eigenvalue weighted by Gasteiger charge is -2.21. The SMILES string of the molecule is C.C.CC/C=C\C/C=C\C/C=C\C/C=C\C/C=C\C/C=C\CCC(=O)O.CC/C=C\C/C=C\C/C=C\C/C=C\C/C=C\CCCC(=O)O.O=C([O-])C(Oc1cccc(C(F)(F)F)c1)c1ccc(Cl)cc1.O=C([O-])CCCc1ccccc1.O=C([O-])[C@@H](Oc1cccc(C(F)(F)F)c1)c1ccc(Cl)cc1.O=C([O-])[C@H](Oc1cccc(C(F)(F)F)c1)c1ccc(Cl)cc1. The molecule has 0 saturated carbocycles. The number of benzene rings is 7. The Bertz CT molecular complexity index is 4300. The van der Waals surface area contributed by atoms with Gasteiger partial charge < -0.3 is 64.0 Å². The first-order chi connectivity index (χ1) is 59.1. The normalized spacial score (nSPS) is 12.3. The van der Waals surface area contributed by atoms with Crippen molar-refractivity contribution in [2.45, 2.75) is 188 Å². The number of unbranched alkanes of at least 4 members (excludes halogenated alkanes) is 1. The van der Waals surface area contributed by atoms with Crippen LogP contribution in [-0.4, -0.2) is 46.0 Å². The van der Waals surface area contributed by atoms with Crippen molar-refractivity contribution in [1.29, 1.82) is 0 Å². The van der Waals surface area contributed by atoms with Crippen molar-refractivity contribution in [2.75, 3.05) is 0 Å². The molecule has 0 aliphatic carbocycles. The minimum atomic E-state index is -4.55. The summed E-state index contributed by atoms with van der Waals surface area (Å²) in [5.74, 6) is -7.80. The number of aliphatic carboxylic acids is 6. The van der Waals surface area contributed by atoms with Crippen LogP contribution in [-0.2, 0) is 53.7 Å². The minimum Gasteiger partial charge on any atom is -0.550 e. The molecule has 682 valence electrons. The van der Waals surface area contributed by atoms with Crippen LogP contribution in [0.2, 0.25) is 15.1 Å². The van der Waals surface area contributed by atoms with Gasteiger partial charge in [-0.05, 0) is 222 Å². The van der Waals surface area contributed by atoms with E-state index in [0.29, 0.717) is 27.9 Å². The first kappa shape index (κ1) is 114. The Morgan fingerprint density at radius 3 is 0.841 bits per heavy atom. The molecule has 1 unspecified atom stereocenters. The number of aryl methyl sites for hydroxylation is 1. The van der Waals surface area contributed by atoms with E-state index in [1.54, 1.807) is 0 Å². The Kier molecular flexibility index (Phi) is 61.2. The number of carbonyl (C=O) groups is 6. The van der Waals surface area contributed by atoms with Crippen LogP contribution in [0.1, 0.15) is 202 Å². The van der Waals surface area contributed by atoms with Crippen molar-refractivity contribution in [2.24, 2.45) is 0 Å². The molecule has 0 bridgehead atoms. The van der Waals surface area contributed by atoms with Gasteiger partial charge in [0.2, 0.25) is 0 Å². The molecule has 2 N–H and O–H groups in total. The zero-order valence-corrected chi connectivity index (χ0v) is 70.6. The number of rotatable bonds is 43. The van der Waals surface area contributed by atoms with Gasteiger partial charge in [-0.15, -0.1) is 0 Å². The van der Waals surface area contributed by atoms with Crippen LogP contribution in [0.4, 0.5) is 39.5 Å². The molecule has 15 nitrogen and oxygen atoms in total. The fourth-order valence-corrected chi connectivity index (χ4v) is 10.4. The molecule has 27 heteroatoms. The van der Waals surface area contributed by atoms with Crippen LogP contribution >= 0.6 is 34.8 Å². The number of carbonyl (C=O) groups excluding carboxylic acids is 4. The first-order valence-corrected chi connectivity index (χ1v) is 40.5. The van der Waals surface area contributed by atoms with Crippen molar-refractivity contribution >= 4 is 70.6 Å². The highest BCUT2D eigenvalue weighted by Crippen LogP contribution is 2.36. The number of halogens is 12. The smallest absolute Gasteiger partial charge is 0.416 e. The molecule has 0 aliphatic heterocycles. The van der Waals surface area contributed by atoms with Crippen LogP contribution in [0.3, 0.4) is 0 Å². The molecule has 126 heavy (non-hydrogen) atoms. The maximum Gasteiger partial charge on any atom is 0.416 e. The van der Waals surface area contributed by atoms with E-state index in [0.717, 1.165) is 144 Å². The highest BCUT2D eigenvalue weighted by molar-refractivity contribution is 6.31. The largest absolute Gasteiger partial charge is 0.550 e. The molecule has 7 aromatic carbocycles. The third-order valence-corrected chi connectivity index (χ3v) is 16.9. The fourth-order valence-electron chi connectivity index (χ4n) is 9.98. The van der Waals surface area contributed by atoms with Crippen molar-refractivity contribution < 1.29 is 113 Å². The maximum atomic E-state index is 12.6. The predicted octanol–water partition coefficient (Wildman–Crippen LogP) is 24.3. The summed E-state index contributed by atoms with van der Waals surface area (Å²) in [6.45, 7) is 4.29. The number of ether oxygens (including phenoxy) is 3. The monoisotopic (exact) mass is 1810 g/mol. The van der Waals surface area contributed by atoms with E-state index in [-0.39, 0.29) is 68.1 Å². The number of hydrogen-bond donors (Lipinski definition) is 2. The minimum absolute atomic E-state index is 0. The molecule has 0 saturated heterocycles. The van der Waals surface area contributed by atoms with Crippen LogP contribution in [0, 0.1) is 0 Å². The van der Waals surface area contributed by atoms with E-state index < -0.39 is 89.3 Å². The predicted molar refractivity (Wildman–Crippen MR) is 473 cm³/mol. The van der Waals surface area contributed by atoms with E-state index in [1.165, 1.54) is 96.6 Å². The summed E-state index contributed by atoms with van der Waals surface area (Å²) >= 11 is 17.1. The van der Waals surface area contributed by atoms with Crippen LogP contribution in [0.15, 0.2) is 310 Å². The lowest BCUT2D eigenvalue weighted by atomic mass is 10.1. The zero-order chi connectivity index (χ0) is 91.8. The summed E-state index contributed by atoms with van der Waals surface area (Å²) in [5.41, 5.74) is -0.987. The Balaban J connectivity index is 0.00000150. The molecule has 0 amide bonds. The van der Waals surface area contributed by atoms with Crippen molar-refractivity contribution in [3.05, 3.63) is 364 Å². The van der Waals surface area contributed by atoms with E-state index in [2.05, 4.69) is 135 Å². The molecule has 0 fully saturated rings. The van der Waals surface area contributed by atoms with Crippen LogP contribution in [0.25, 0.3) is 0 Å². The maximum absolute atomic E-state index is 12.6. The van der Waals surface area contributed by atoms with Crippen molar-refractivity contribution in [3.8, 4) is 17.2 Å². The molecule has 0 aromatic heterocycles. The van der Waals surface area contributed by atoms with Crippen molar-refractivity contribution in [3.63, 3.8) is 0 Å². The number of alkyl halides is 9. The molecule has 7 rings (SSSR count). The second-order valence-electron chi connectivity index (χ2n) is 26.2. The molecule has 0 aliphatic rings. The standard InChI is InChI=1S/C22H32O2.C20H30O2.3C15H10ClF3O3.C10H12O2.2CH4/c1-2-3-4-5-6-7-8-9-10-11-12-13-14-15-16-17-18-19-20-21-22(23)24;1-2-3-4-5-6-7-8-9-10-11-12-13-14-15-16-17-18-19-20(21)22;3*16-11-6-4-9(5-7-11)13(14(20)21)22-12-3-1-2-10(8-12)15(17,18)19;11-10(12)8-4-7-9-5-2-1-3-6-9;;/h3-4,6-7,9-10,12-13,15-16,18-19H,2,5,8,11,14,17,20-21H2,1H3,(H,23,24);3-4,6-7,9-10,12-13,15-16H,2,5,8,11,14,17-19H2,1H3,(H,21,22);3*1-8,13H,(H,20,21);1-3,5-6H,4,7-8H2,(H,11,12);2*1H4/p-4/b4-3-,7-6-,10-9-,13-12-,16-15-,19-18-;4-3-,7-6-,10-9-,13-12-,16-15-;;;;;;/t;;2*13-;;;;/m..10..../s1. The van der Waals surface area contributed by atoms with Gasteiger partial charge in [-0.1, -0.05) is 282 Å². The van der Waals surface area contributed by atoms with Gasteiger partial charge in [0.1, 0.15) is 17.2 Å². The molecule has 3 atom stereocenters. The number of hydrogen-bond acceptors (Lipinski definition) is 13. The number of carboxylic acids is 6. The lowest BCUT2D eigenvalue weighted by Crippen LogP contribution is -2.33. The summed E-state index contributed by atoms with van der Waals surface area (Å²) in [7, 11) is 0. The number of carboxylic acid groups (broad SMARTS) is 6. The van der Waals surface area contributed by atoms with Gasteiger partial charge in [0, 0.05) is 33.9 Å². The number of allylic oxidation sites excluding steroid dienone is 22. The fraction of sp³-hybridized carbons (Fsp3) is 0.293. The second kappa shape index (κ2) is 67.5. The Hall–Kier alpha value is -11.9. The Labute approximate surface area is 748 Å². The second-order valence-corrected chi connectivity index (χ2v) is 27.5. The highest BCUT2D eigenvalue weighted by Gasteiger charge is 2.33. The van der Waals surface area contributed by atoms with Gasteiger partial charge in [-0.2, -0.15) is 39.5 Å². The summed E-state index contributed by atoms with van der Waals surface area (Å²) in [4.78, 5) is 64.2. The van der Waals surface area contributed by atoms with Crippen LogP contribution < -0.4 is 34.6 Å². The quantitative estimate of drug-likeness (QED) is 0.0204. The van der Waals surface area contributed by atoms with E-state index in [1.807, 2.05) is 42.5 Å². The Morgan fingerprint density at radius 1 is 0.333 bits per heavy atom. The van der Waals surface area contributed by atoms with Crippen LogP contribution in [0.5, 0.6) is 17.2 Å². The van der Waals surface area contributed by atoms with Gasteiger partial charge in [0.15, 0.2) is 18.3 Å². The molecule has 0 spiro atoms. The summed E-state index contributed by atoms with van der Waals surface area (Å²) in [5, 5.41) is 61.8. The average molecular weight is 1820 g/mol. The van der Waals surface area contributed by atoms with Gasteiger partial charge >= 0.3 is 30.5 Å². The average Bonchev–Trinajstić information content (AvgIpc) is 0.839. The molecular formula is C99H108Cl3F9O15-4. The molecule has 7 aromatic rings. The summed E-state index contributed by atoms with van der Waals surface area (Å²) < 4.78 is 129. The van der Waals surface area contributed by atoms with Gasteiger partial charge in [-0.25, -0.2) is 0 Å². The van der Waals surface area contributed by atoms with E-state index in [4.69, 9.17) is 59.2 Å².